The molecule has 160 valence electrons. The van der Waals surface area contributed by atoms with Crippen LogP contribution in [-0.2, 0) is 13.1 Å². The van der Waals surface area contributed by atoms with Crippen LogP contribution in [0.5, 0.6) is 5.75 Å². The van der Waals surface area contributed by atoms with Gasteiger partial charge in [-0.15, -0.1) is 0 Å². The number of halogens is 1. The van der Waals surface area contributed by atoms with Gasteiger partial charge in [-0.3, -0.25) is 5.73 Å². The molecule has 3 N–H and O–H groups in total. The topological polar surface area (TPSA) is 67.5 Å². The lowest BCUT2D eigenvalue weighted by atomic mass is 10.1. The molecule has 3 aromatic rings. The van der Waals surface area contributed by atoms with E-state index in [-0.39, 0.29) is 6.61 Å². The lowest BCUT2D eigenvalue weighted by Gasteiger charge is -2.25. The van der Waals surface area contributed by atoms with Crippen LogP contribution in [0.1, 0.15) is 19.3 Å². The molecule has 0 bridgehead atoms. The van der Waals surface area contributed by atoms with Gasteiger partial charge in [0.1, 0.15) is 36.0 Å². The molecule has 30 heavy (non-hydrogen) atoms. The molecule has 1 saturated heterocycles. The highest BCUT2D eigenvalue weighted by Gasteiger charge is 2.23. The molecular weight excluding hydrogens is 400 g/mol. The maximum Gasteiger partial charge on any atom is 0.356 e. The Balaban J connectivity index is 1.46. The molecule has 1 aromatic heterocycles. The fourth-order valence-electron chi connectivity index (χ4n) is 4.15. The highest BCUT2D eigenvalue weighted by Crippen LogP contribution is 2.18. The third-order valence-electron chi connectivity index (χ3n) is 5.75. The van der Waals surface area contributed by atoms with E-state index in [0.717, 1.165) is 24.1 Å². The number of aliphatic hydroxyl groups excluding tert-OH is 1. The third kappa shape index (κ3) is 4.89. The average molecular weight is 430 g/mol. The van der Waals surface area contributed by atoms with Crippen molar-refractivity contribution in [1.29, 1.82) is 0 Å². The van der Waals surface area contributed by atoms with Crippen molar-refractivity contribution in [3.63, 3.8) is 0 Å². The summed E-state index contributed by atoms with van der Waals surface area (Å²) in [6, 6.07) is 15.3. The number of piperidine rings is 1. The Morgan fingerprint density at radius 3 is 2.53 bits per heavy atom. The Morgan fingerprint density at radius 1 is 1.03 bits per heavy atom. The average Bonchev–Trinajstić information content (AvgIpc) is 3.03. The molecular formula is C23H30ClN4O2+. The molecule has 0 amide bonds. The fourth-order valence-corrected chi connectivity index (χ4v) is 4.28. The number of fused-ring (bicyclic) bond motifs is 1. The molecule has 0 radical (unpaired) electrons. The van der Waals surface area contributed by atoms with Crippen LogP contribution in [0.3, 0.4) is 0 Å². The Bertz CT molecular complexity index is 967. The van der Waals surface area contributed by atoms with Crippen molar-refractivity contribution >= 4 is 28.6 Å². The van der Waals surface area contributed by atoms with Crippen LogP contribution in [0, 0.1) is 0 Å². The van der Waals surface area contributed by atoms with Crippen molar-refractivity contribution in [3.8, 4) is 5.75 Å². The predicted molar refractivity (Wildman–Crippen MR) is 120 cm³/mol. The standard InChI is InChI=1S/C23H29ClN4O2/c24-18-8-10-20(11-9-18)30-17-19(29)16-28-22-7-3-2-6-21(22)27(23(28)25)15-14-26-12-4-1-5-13-26/h2-3,6-11,19,25,29H,1,4-5,12-17H2/p+1/t19-/m1/s1. The number of likely N-dealkylation sites (tertiary alicyclic amines) is 1. The van der Waals surface area contributed by atoms with Gasteiger partial charge in [-0.1, -0.05) is 30.2 Å². The van der Waals surface area contributed by atoms with Crippen LogP contribution >= 0.6 is 11.6 Å². The molecule has 2 aromatic carbocycles. The monoisotopic (exact) mass is 429 g/mol. The number of hydrogen-bond donors (Lipinski definition) is 2. The highest BCUT2D eigenvalue weighted by atomic mass is 35.5. The van der Waals surface area contributed by atoms with E-state index in [2.05, 4.69) is 21.6 Å². The number of aromatic nitrogens is 2. The summed E-state index contributed by atoms with van der Waals surface area (Å²) in [5, 5.41) is 11.3. The first-order valence-corrected chi connectivity index (χ1v) is 11.0. The number of ether oxygens (including phenoxy) is 1. The number of nitrogens with two attached hydrogens (primary N) is 1. The van der Waals surface area contributed by atoms with Gasteiger partial charge in [-0.05, 0) is 62.3 Å². The largest absolute Gasteiger partial charge is 0.491 e. The molecule has 1 atom stereocenters. The molecule has 6 nitrogen and oxygen atoms in total. The summed E-state index contributed by atoms with van der Waals surface area (Å²) in [6.45, 7) is 4.72. The summed E-state index contributed by atoms with van der Waals surface area (Å²) in [5.74, 6) is 1.35. The number of nitrogen functional groups attached to an aromatic ring is 1. The number of anilines is 1. The molecule has 4 rings (SSSR count). The van der Waals surface area contributed by atoms with E-state index in [1.54, 1.807) is 24.3 Å². The zero-order valence-corrected chi connectivity index (χ0v) is 18.0. The number of benzene rings is 2. The zero-order chi connectivity index (χ0) is 20.9. The van der Waals surface area contributed by atoms with Gasteiger partial charge in [-0.2, -0.15) is 0 Å². The molecule has 0 saturated carbocycles. The van der Waals surface area contributed by atoms with Crippen LogP contribution in [0.4, 0.5) is 5.95 Å². The Kier molecular flexibility index (Phi) is 6.77. The Morgan fingerprint density at radius 2 is 1.77 bits per heavy atom. The number of hydrogen-bond acceptors (Lipinski definition) is 4. The minimum absolute atomic E-state index is 0.182. The van der Waals surface area contributed by atoms with Crippen LogP contribution in [0.15, 0.2) is 48.5 Å². The van der Waals surface area contributed by atoms with Gasteiger partial charge in [0.05, 0.1) is 6.54 Å². The molecule has 2 heterocycles. The minimum Gasteiger partial charge on any atom is -0.491 e. The van der Waals surface area contributed by atoms with Gasteiger partial charge >= 0.3 is 5.95 Å². The summed E-state index contributed by atoms with van der Waals surface area (Å²) in [7, 11) is 0. The molecule has 0 spiro atoms. The molecule has 0 unspecified atom stereocenters. The molecule has 0 aliphatic carbocycles. The lowest BCUT2D eigenvalue weighted by molar-refractivity contribution is -0.665. The van der Waals surface area contributed by atoms with Crippen LogP contribution < -0.4 is 15.0 Å². The molecule has 1 fully saturated rings. The van der Waals surface area contributed by atoms with Gasteiger partial charge in [0, 0.05) is 11.6 Å². The normalized spacial score (nSPS) is 16.1. The van der Waals surface area contributed by atoms with Crippen LogP contribution in [0.2, 0.25) is 5.02 Å². The van der Waals surface area contributed by atoms with Gasteiger partial charge in [0.15, 0.2) is 0 Å². The van der Waals surface area contributed by atoms with Gasteiger partial charge < -0.3 is 14.7 Å². The van der Waals surface area contributed by atoms with E-state index >= 15 is 0 Å². The van der Waals surface area contributed by atoms with Crippen molar-refractivity contribution in [1.82, 2.24) is 9.47 Å². The summed E-state index contributed by atoms with van der Waals surface area (Å²) < 4.78 is 9.86. The van der Waals surface area contributed by atoms with E-state index in [1.165, 1.54) is 32.4 Å². The maximum atomic E-state index is 10.6. The summed E-state index contributed by atoms with van der Waals surface area (Å²) in [5.41, 5.74) is 8.67. The molecule has 1 aliphatic heterocycles. The van der Waals surface area contributed by atoms with Crippen molar-refractivity contribution in [2.75, 3.05) is 32.0 Å². The number of rotatable bonds is 8. The SMILES string of the molecule is Nc1n(CCN2CCCCC2)c2ccccc2[n+]1C[C@@H](O)COc1ccc(Cl)cc1. The van der Waals surface area contributed by atoms with Crippen molar-refractivity contribution in [2.24, 2.45) is 0 Å². The predicted octanol–water partition coefficient (Wildman–Crippen LogP) is 3.09. The summed E-state index contributed by atoms with van der Waals surface area (Å²) in [6.07, 6.45) is 3.21. The lowest BCUT2D eigenvalue weighted by Crippen LogP contribution is -2.44. The second kappa shape index (κ2) is 9.69. The minimum atomic E-state index is -0.686. The second-order valence-electron chi connectivity index (χ2n) is 7.93. The van der Waals surface area contributed by atoms with Gasteiger partial charge in [0.2, 0.25) is 0 Å². The summed E-state index contributed by atoms with van der Waals surface area (Å²) >= 11 is 5.90. The first-order valence-electron chi connectivity index (χ1n) is 10.7. The molecule has 7 heteroatoms. The van der Waals surface area contributed by atoms with Crippen molar-refractivity contribution in [3.05, 3.63) is 53.6 Å². The Hall–Kier alpha value is -2.28. The van der Waals surface area contributed by atoms with E-state index in [4.69, 9.17) is 22.1 Å². The van der Waals surface area contributed by atoms with E-state index in [9.17, 15) is 5.11 Å². The van der Waals surface area contributed by atoms with Gasteiger partial charge in [-0.25, -0.2) is 9.13 Å². The van der Waals surface area contributed by atoms with Crippen LogP contribution in [-0.4, -0.2) is 46.9 Å². The third-order valence-corrected chi connectivity index (χ3v) is 6.01. The fraction of sp³-hybridized carbons (Fsp3) is 0.435. The van der Waals surface area contributed by atoms with Crippen molar-refractivity contribution in [2.45, 2.75) is 38.5 Å². The quantitative estimate of drug-likeness (QED) is 0.540. The molecule has 1 aliphatic rings. The first kappa shape index (κ1) is 21.0. The van der Waals surface area contributed by atoms with Gasteiger partial charge in [0.25, 0.3) is 0 Å². The maximum absolute atomic E-state index is 10.6. The highest BCUT2D eigenvalue weighted by molar-refractivity contribution is 6.30. The zero-order valence-electron chi connectivity index (χ0n) is 17.2. The smallest absolute Gasteiger partial charge is 0.356 e. The van der Waals surface area contributed by atoms with E-state index in [1.807, 2.05) is 16.7 Å². The van der Waals surface area contributed by atoms with Crippen molar-refractivity contribution < 1.29 is 14.4 Å². The first-order chi connectivity index (χ1) is 14.6. The number of aliphatic hydroxyl groups is 1. The second-order valence-corrected chi connectivity index (χ2v) is 8.37. The number of nitrogens with zero attached hydrogens (tertiary/aromatic N) is 3. The van der Waals surface area contributed by atoms with E-state index in [0.29, 0.717) is 23.3 Å². The summed E-state index contributed by atoms with van der Waals surface area (Å²) in [4.78, 5) is 2.51. The number of para-hydroxylation sites is 2. The number of imidazole rings is 1. The Labute approximate surface area is 182 Å². The van der Waals surface area contributed by atoms with Crippen LogP contribution in [0.25, 0.3) is 11.0 Å². The van der Waals surface area contributed by atoms with E-state index < -0.39 is 6.10 Å².